The average molecular weight is 471 g/mol. The van der Waals surface area contributed by atoms with Gasteiger partial charge in [0, 0.05) is 30.3 Å². The van der Waals surface area contributed by atoms with E-state index < -0.39 is 20.8 Å². The first-order valence-corrected chi connectivity index (χ1v) is 13.1. The standard InChI is InChI=1S/C21H18N4O3S3/c1-13-11-22-21(23-12-13)15-3-6-20-18(9-15)25(7-8-30(20)26)31(27,28)16-4-5-17-19(10-16)29-14(2)24-17/h3-6,9-12H,7-8H2,1-2H3. The summed E-state index contributed by atoms with van der Waals surface area (Å²) in [4.78, 5) is 13.8. The summed E-state index contributed by atoms with van der Waals surface area (Å²) in [6.45, 7) is 3.93. The van der Waals surface area contributed by atoms with Crippen LogP contribution in [0.3, 0.4) is 0 Å². The third-order valence-electron chi connectivity index (χ3n) is 5.05. The van der Waals surface area contributed by atoms with E-state index in [2.05, 4.69) is 15.0 Å². The van der Waals surface area contributed by atoms with Crippen LogP contribution >= 0.6 is 11.3 Å². The molecule has 5 rings (SSSR count). The van der Waals surface area contributed by atoms with E-state index in [-0.39, 0.29) is 17.2 Å². The van der Waals surface area contributed by atoms with Gasteiger partial charge < -0.3 is 0 Å². The van der Waals surface area contributed by atoms with Gasteiger partial charge >= 0.3 is 0 Å². The Bertz CT molecular complexity index is 1450. The van der Waals surface area contributed by atoms with E-state index in [1.165, 1.54) is 15.6 Å². The monoisotopic (exact) mass is 470 g/mol. The van der Waals surface area contributed by atoms with E-state index in [9.17, 15) is 12.6 Å². The van der Waals surface area contributed by atoms with Crippen molar-refractivity contribution in [1.82, 2.24) is 15.0 Å². The second-order valence-electron chi connectivity index (χ2n) is 7.26. The van der Waals surface area contributed by atoms with Crippen LogP contribution in [0.15, 0.2) is 58.6 Å². The van der Waals surface area contributed by atoms with Crippen LogP contribution in [0.1, 0.15) is 10.6 Å². The Morgan fingerprint density at radius 2 is 1.84 bits per heavy atom. The van der Waals surface area contributed by atoms with Crippen molar-refractivity contribution in [3.63, 3.8) is 0 Å². The molecule has 0 radical (unpaired) electrons. The summed E-state index contributed by atoms with van der Waals surface area (Å²) >= 11 is 1.46. The number of hydrogen-bond acceptors (Lipinski definition) is 7. The molecule has 10 heteroatoms. The van der Waals surface area contributed by atoms with Crippen molar-refractivity contribution in [1.29, 1.82) is 0 Å². The predicted molar refractivity (Wildman–Crippen MR) is 122 cm³/mol. The zero-order valence-electron chi connectivity index (χ0n) is 16.8. The molecule has 2 aromatic carbocycles. The molecule has 4 aromatic rings. The number of aromatic nitrogens is 3. The molecule has 1 unspecified atom stereocenters. The van der Waals surface area contributed by atoms with Gasteiger partial charge in [-0.05, 0) is 55.8 Å². The van der Waals surface area contributed by atoms with Crippen molar-refractivity contribution in [2.75, 3.05) is 16.6 Å². The minimum Gasteiger partial charge on any atom is -0.264 e. The van der Waals surface area contributed by atoms with Gasteiger partial charge in [-0.1, -0.05) is 0 Å². The Morgan fingerprint density at radius 3 is 2.61 bits per heavy atom. The van der Waals surface area contributed by atoms with E-state index in [4.69, 9.17) is 0 Å². The van der Waals surface area contributed by atoms with Gasteiger partial charge in [-0.15, -0.1) is 11.3 Å². The molecule has 1 aliphatic rings. The summed E-state index contributed by atoms with van der Waals surface area (Å²) in [6.07, 6.45) is 3.42. The first-order chi connectivity index (χ1) is 14.8. The maximum absolute atomic E-state index is 13.6. The highest BCUT2D eigenvalue weighted by molar-refractivity contribution is 7.93. The van der Waals surface area contributed by atoms with Crippen molar-refractivity contribution < 1.29 is 12.6 Å². The third-order valence-corrected chi connectivity index (χ3v) is 9.18. The zero-order valence-corrected chi connectivity index (χ0v) is 19.2. The number of rotatable bonds is 3. The number of fused-ring (bicyclic) bond motifs is 2. The maximum Gasteiger partial charge on any atom is 0.264 e. The molecule has 1 aliphatic heterocycles. The molecule has 0 bridgehead atoms. The Kier molecular flexibility index (Phi) is 4.87. The number of thiazole rings is 1. The van der Waals surface area contributed by atoms with Crippen LogP contribution in [-0.4, -0.2) is 39.9 Å². The highest BCUT2D eigenvalue weighted by Gasteiger charge is 2.32. The first kappa shape index (κ1) is 20.2. The second kappa shape index (κ2) is 7.47. The lowest BCUT2D eigenvalue weighted by Crippen LogP contribution is -2.38. The van der Waals surface area contributed by atoms with Gasteiger partial charge in [-0.25, -0.2) is 23.4 Å². The average Bonchev–Trinajstić information content (AvgIpc) is 3.13. The van der Waals surface area contributed by atoms with Gasteiger partial charge in [-0.3, -0.25) is 8.51 Å². The van der Waals surface area contributed by atoms with Crippen LogP contribution in [0.2, 0.25) is 0 Å². The van der Waals surface area contributed by atoms with Crippen LogP contribution in [0.5, 0.6) is 0 Å². The maximum atomic E-state index is 13.6. The first-order valence-electron chi connectivity index (χ1n) is 9.54. The Morgan fingerprint density at radius 1 is 1.06 bits per heavy atom. The normalized spacial score (nSPS) is 16.5. The van der Waals surface area contributed by atoms with E-state index in [1.54, 1.807) is 48.8 Å². The fraction of sp³-hybridized carbons (Fsp3) is 0.190. The number of sulfonamides is 1. The SMILES string of the molecule is Cc1cnc(-c2ccc3c(c2)N(S(=O)(=O)c2ccc4nc(C)sc4c2)CCS3=O)nc1. The van der Waals surface area contributed by atoms with Crippen molar-refractivity contribution in [3.8, 4) is 11.4 Å². The number of hydrogen-bond donors (Lipinski definition) is 0. The summed E-state index contributed by atoms with van der Waals surface area (Å²) in [5.41, 5.74) is 2.79. The van der Waals surface area contributed by atoms with Crippen molar-refractivity contribution in [2.45, 2.75) is 23.6 Å². The minimum atomic E-state index is -3.85. The van der Waals surface area contributed by atoms with Gasteiger partial charge in [0.05, 0.1) is 41.5 Å². The van der Waals surface area contributed by atoms with Crippen LogP contribution in [0, 0.1) is 13.8 Å². The highest BCUT2D eigenvalue weighted by atomic mass is 32.2. The van der Waals surface area contributed by atoms with Gasteiger partial charge in [0.25, 0.3) is 10.0 Å². The topological polar surface area (TPSA) is 93.1 Å². The van der Waals surface area contributed by atoms with Gasteiger partial charge in [0.15, 0.2) is 5.82 Å². The third kappa shape index (κ3) is 3.54. The molecule has 0 fully saturated rings. The molecule has 0 amide bonds. The number of nitrogens with zero attached hydrogens (tertiary/aromatic N) is 4. The molecule has 0 saturated heterocycles. The molecule has 0 aliphatic carbocycles. The van der Waals surface area contributed by atoms with Crippen LogP contribution in [0.4, 0.5) is 5.69 Å². The van der Waals surface area contributed by atoms with Crippen LogP contribution in [0.25, 0.3) is 21.6 Å². The summed E-state index contributed by atoms with van der Waals surface area (Å²) in [7, 11) is -5.12. The summed E-state index contributed by atoms with van der Waals surface area (Å²) in [5.74, 6) is 0.734. The Labute approximate surface area is 186 Å². The fourth-order valence-corrected chi connectivity index (χ4v) is 7.35. The van der Waals surface area contributed by atoms with Crippen LogP contribution in [-0.2, 0) is 20.8 Å². The smallest absolute Gasteiger partial charge is 0.264 e. The number of benzene rings is 2. The zero-order chi connectivity index (χ0) is 21.8. The lowest BCUT2D eigenvalue weighted by Gasteiger charge is -2.30. The molecule has 0 spiro atoms. The summed E-state index contributed by atoms with van der Waals surface area (Å²) in [6, 6.07) is 10.2. The summed E-state index contributed by atoms with van der Waals surface area (Å²) < 4.78 is 41.9. The van der Waals surface area contributed by atoms with Crippen LogP contribution < -0.4 is 4.31 Å². The highest BCUT2D eigenvalue weighted by Crippen LogP contribution is 2.36. The molecule has 0 N–H and O–H groups in total. The van der Waals surface area contributed by atoms with Crippen molar-refractivity contribution in [3.05, 3.63) is 59.4 Å². The summed E-state index contributed by atoms with van der Waals surface area (Å²) in [5, 5.41) is 0.881. The molecule has 0 saturated carbocycles. The minimum absolute atomic E-state index is 0.139. The van der Waals surface area contributed by atoms with Gasteiger partial charge in [-0.2, -0.15) is 0 Å². The van der Waals surface area contributed by atoms with E-state index in [0.717, 1.165) is 20.8 Å². The van der Waals surface area contributed by atoms with E-state index in [0.29, 0.717) is 22.0 Å². The van der Waals surface area contributed by atoms with Crippen molar-refractivity contribution >= 4 is 48.1 Å². The Balaban J connectivity index is 1.63. The number of aryl methyl sites for hydroxylation is 2. The molecule has 1 atom stereocenters. The fourth-order valence-electron chi connectivity index (χ4n) is 3.54. The largest absolute Gasteiger partial charge is 0.264 e. The molecule has 31 heavy (non-hydrogen) atoms. The molecule has 2 aromatic heterocycles. The lowest BCUT2D eigenvalue weighted by atomic mass is 10.2. The van der Waals surface area contributed by atoms with E-state index in [1.807, 2.05) is 13.8 Å². The van der Waals surface area contributed by atoms with Gasteiger partial charge in [0.1, 0.15) is 0 Å². The quantitative estimate of drug-likeness (QED) is 0.453. The molecular weight excluding hydrogens is 452 g/mol. The molecule has 158 valence electrons. The molecule has 7 nitrogen and oxygen atoms in total. The molecular formula is C21H18N4O3S3. The van der Waals surface area contributed by atoms with Crippen molar-refractivity contribution in [2.24, 2.45) is 0 Å². The van der Waals surface area contributed by atoms with Gasteiger partial charge in [0.2, 0.25) is 0 Å². The molecule has 3 heterocycles. The Hall–Kier alpha value is -2.69. The second-order valence-corrected chi connectivity index (χ2v) is 11.9. The number of anilines is 1. The lowest BCUT2D eigenvalue weighted by molar-refractivity contribution is 0.591. The predicted octanol–water partition coefficient (Wildman–Crippen LogP) is 3.69. The van der Waals surface area contributed by atoms with E-state index >= 15 is 0 Å².